The number of carbonyl (C=O) groups excluding carboxylic acids is 2. The van der Waals surface area contributed by atoms with Crippen molar-refractivity contribution in [1.29, 1.82) is 0 Å². The van der Waals surface area contributed by atoms with Crippen LogP contribution in [0.15, 0.2) is 42.6 Å². The fraction of sp³-hybridized carbons (Fsp3) is 0.278. The fourth-order valence-electron chi connectivity index (χ4n) is 2.78. The smallest absolute Gasteiger partial charge is 0.274 e. The van der Waals surface area contributed by atoms with Gasteiger partial charge in [0.05, 0.1) is 5.69 Å². The second-order valence-electron chi connectivity index (χ2n) is 5.82. The molecule has 1 aliphatic carbocycles. The van der Waals surface area contributed by atoms with E-state index >= 15 is 0 Å². The van der Waals surface area contributed by atoms with Gasteiger partial charge in [-0.15, -0.1) is 0 Å². The monoisotopic (exact) mass is 327 g/mol. The normalized spacial score (nSPS) is 14.4. The highest BCUT2D eigenvalue weighted by atomic mass is 19.1. The van der Waals surface area contributed by atoms with E-state index in [1.807, 2.05) is 0 Å². The Balaban J connectivity index is 1.71. The standard InChI is InChI=1S/C18H18FN3O2/c19-14-7-3-4-8-15(14)22-18(24)16-11-12(9-10-20-16)17(23)21-13-5-1-2-6-13/h3-4,7-11,13H,1-2,5-6H2,(H,21,23)(H,22,24). The van der Waals surface area contributed by atoms with Crippen LogP contribution in [0.1, 0.15) is 46.5 Å². The molecule has 0 atom stereocenters. The van der Waals surface area contributed by atoms with E-state index in [1.54, 1.807) is 12.1 Å². The number of benzene rings is 1. The Morgan fingerprint density at radius 3 is 2.58 bits per heavy atom. The summed E-state index contributed by atoms with van der Waals surface area (Å²) in [4.78, 5) is 28.4. The summed E-state index contributed by atoms with van der Waals surface area (Å²) in [6.07, 6.45) is 5.61. The lowest BCUT2D eigenvalue weighted by molar-refractivity contribution is 0.0937. The molecular formula is C18H18FN3O2. The van der Waals surface area contributed by atoms with Crippen molar-refractivity contribution >= 4 is 17.5 Å². The maximum atomic E-state index is 13.6. The van der Waals surface area contributed by atoms with E-state index in [1.165, 1.54) is 30.5 Å². The van der Waals surface area contributed by atoms with Gasteiger partial charge in [0.25, 0.3) is 11.8 Å². The van der Waals surface area contributed by atoms with Crippen molar-refractivity contribution in [1.82, 2.24) is 10.3 Å². The van der Waals surface area contributed by atoms with Gasteiger partial charge in [-0.2, -0.15) is 0 Å². The number of rotatable bonds is 4. The van der Waals surface area contributed by atoms with Gasteiger partial charge in [0, 0.05) is 17.8 Å². The number of hydrogen-bond donors (Lipinski definition) is 2. The molecule has 1 fully saturated rings. The van der Waals surface area contributed by atoms with Gasteiger partial charge in [-0.25, -0.2) is 4.39 Å². The molecule has 3 rings (SSSR count). The van der Waals surface area contributed by atoms with Crippen LogP contribution in [0, 0.1) is 5.82 Å². The molecule has 1 aromatic heterocycles. The molecule has 2 amide bonds. The highest BCUT2D eigenvalue weighted by Crippen LogP contribution is 2.18. The summed E-state index contributed by atoms with van der Waals surface area (Å²) in [7, 11) is 0. The summed E-state index contributed by atoms with van der Waals surface area (Å²) in [6, 6.07) is 9.05. The molecule has 1 aromatic carbocycles. The third-order valence-corrected chi connectivity index (χ3v) is 4.07. The number of amides is 2. The zero-order valence-electron chi connectivity index (χ0n) is 13.1. The van der Waals surface area contributed by atoms with Crippen LogP contribution in [0.2, 0.25) is 0 Å². The van der Waals surface area contributed by atoms with Crippen LogP contribution in [-0.4, -0.2) is 22.8 Å². The molecule has 2 aromatic rings. The molecule has 2 N–H and O–H groups in total. The van der Waals surface area contributed by atoms with Crippen LogP contribution in [0.25, 0.3) is 0 Å². The van der Waals surface area contributed by atoms with Crippen LogP contribution in [0.3, 0.4) is 0 Å². The Morgan fingerprint density at radius 2 is 1.83 bits per heavy atom. The summed E-state index contributed by atoms with van der Waals surface area (Å²) < 4.78 is 13.6. The van der Waals surface area contributed by atoms with E-state index in [9.17, 15) is 14.0 Å². The van der Waals surface area contributed by atoms with Crippen molar-refractivity contribution in [3.63, 3.8) is 0 Å². The Bertz CT molecular complexity index is 757. The SMILES string of the molecule is O=C(NC1CCCC1)c1ccnc(C(=O)Nc2ccccc2F)c1. The van der Waals surface area contributed by atoms with Gasteiger partial charge < -0.3 is 10.6 Å². The van der Waals surface area contributed by atoms with Gasteiger partial charge in [-0.05, 0) is 37.1 Å². The molecule has 1 aliphatic rings. The Morgan fingerprint density at radius 1 is 1.08 bits per heavy atom. The lowest BCUT2D eigenvalue weighted by Gasteiger charge is -2.12. The number of nitrogens with zero attached hydrogens (tertiary/aromatic N) is 1. The number of pyridine rings is 1. The van der Waals surface area contributed by atoms with Crippen molar-refractivity contribution in [3.05, 3.63) is 59.7 Å². The van der Waals surface area contributed by atoms with Crippen LogP contribution in [-0.2, 0) is 0 Å². The Labute approximate surface area is 139 Å². The van der Waals surface area contributed by atoms with E-state index in [-0.39, 0.29) is 23.3 Å². The first-order valence-corrected chi connectivity index (χ1v) is 7.96. The van der Waals surface area contributed by atoms with E-state index in [2.05, 4.69) is 15.6 Å². The molecule has 0 saturated heterocycles. The molecule has 1 heterocycles. The quantitative estimate of drug-likeness (QED) is 0.906. The predicted molar refractivity (Wildman–Crippen MR) is 88.3 cm³/mol. The van der Waals surface area contributed by atoms with Crippen LogP contribution in [0.5, 0.6) is 0 Å². The van der Waals surface area contributed by atoms with Crippen molar-refractivity contribution < 1.29 is 14.0 Å². The zero-order valence-corrected chi connectivity index (χ0v) is 13.1. The lowest BCUT2D eigenvalue weighted by atomic mass is 10.1. The van der Waals surface area contributed by atoms with Crippen LogP contribution < -0.4 is 10.6 Å². The number of halogens is 1. The number of aromatic nitrogens is 1. The topological polar surface area (TPSA) is 71.1 Å². The van der Waals surface area contributed by atoms with Crippen molar-refractivity contribution in [2.24, 2.45) is 0 Å². The van der Waals surface area contributed by atoms with Crippen molar-refractivity contribution in [3.8, 4) is 0 Å². The van der Waals surface area contributed by atoms with Gasteiger partial charge >= 0.3 is 0 Å². The highest BCUT2D eigenvalue weighted by molar-refractivity contribution is 6.04. The van der Waals surface area contributed by atoms with Crippen molar-refractivity contribution in [2.75, 3.05) is 5.32 Å². The van der Waals surface area contributed by atoms with Gasteiger partial charge in [-0.1, -0.05) is 25.0 Å². The second kappa shape index (κ2) is 7.21. The molecule has 1 saturated carbocycles. The highest BCUT2D eigenvalue weighted by Gasteiger charge is 2.19. The van der Waals surface area contributed by atoms with E-state index in [0.29, 0.717) is 5.56 Å². The molecule has 0 bridgehead atoms. The number of nitrogens with one attached hydrogen (secondary N) is 2. The van der Waals surface area contributed by atoms with Gasteiger partial charge in [0.1, 0.15) is 11.5 Å². The lowest BCUT2D eigenvalue weighted by Crippen LogP contribution is -2.32. The molecule has 0 radical (unpaired) electrons. The summed E-state index contributed by atoms with van der Waals surface area (Å²) in [5, 5.41) is 5.42. The molecule has 6 heteroatoms. The first-order chi connectivity index (χ1) is 11.6. The zero-order chi connectivity index (χ0) is 16.9. The number of hydrogen-bond acceptors (Lipinski definition) is 3. The van der Waals surface area contributed by atoms with E-state index < -0.39 is 11.7 Å². The molecule has 5 nitrogen and oxygen atoms in total. The molecular weight excluding hydrogens is 309 g/mol. The predicted octanol–water partition coefficient (Wildman–Crippen LogP) is 3.15. The van der Waals surface area contributed by atoms with Gasteiger partial charge in [0.2, 0.25) is 0 Å². The first-order valence-electron chi connectivity index (χ1n) is 7.96. The maximum absolute atomic E-state index is 13.6. The maximum Gasteiger partial charge on any atom is 0.274 e. The van der Waals surface area contributed by atoms with E-state index in [0.717, 1.165) is 25.7 Å². The second-order valence-corrected chi connectivity index (χ2v) is 5.82. The number of anilines is 1. The minimum Gasteiger partial charge on any atom is -0.349 e. The number of para-hydroxylation sites is 1. The Kier molecular flexibility index (Phi) is 4.84. The largest absolute Gasteiger partial charge is 0.349 e. The minimum absolute atomic E-state index is 0.0670. The summed E-state index contributed by atoms with van der Waals surface area (Å²) >= 11 is 0. The number of carbonyl (C=O) groups is 2. The van der Waals surface area contributed by atoms with Crippen molar-refractivity contribution in [2.45, 2.75) is 31.7 Å². The summed E-state index contributed by atoms with van der Waals surface area (Å²) in [5.41, 5.74) is 0.512. The third-order valence-electron chi connectivity index (χ3n) is 4.07. The molecule has 124 valence electrons. The average molecular weight is 327 g/mol. The molecule has 0 spiro atoms. The third kappa shape index (κ3) is 3.76. The van der Waals surface area contributed by atoms with Gasteiger partial charge in [-0.3, -0.25) is 14.6 Å². The minimum atomic E-state index is -0.560. The molecule has 0 aliphatic heterocycles. The first kappa shape index (κ1) is 16.1. The fourth-order valence-corrected chi connectivity index (χ4v) is 2.78. The molecule has 24 heavy (non-hydrogen) atoms. The van der Waals surface area contributed by atoms with Crippen LogP contribution >= 0.6 is 0 Å². The molecule has 0 unspecified atom stereocenters. The Hall–Kier alpha value is -2.76. The van der Waals surface area contributed by atoms with Gasteiger partial charge in [0.15, 0.2) is 0 Å². The summed E-state index contributed by atoms with van der Waals surface area (Å²) in [5.74, 6) is -1.30. The average Bonchev–Trinajstić information content (AvgIpc) is 3.10. The van der Waals surface area contributed by atoms with Crippen LogP contribution in [0.4, 0.5) is 10.1 Å². The van der Waals surface area contributed by atoms with E-state index in [4.69, 9.17) is 0 Å². The summed E-state index contributed by atoms with van der Waals surface area (Å²) in [6.45, 7) is 0.